The average Bonchev–Trinajstić information content (AvgIpc) is 2.25. The average molecular weight is 216 g/mol. The van der Waals surface area contributed by atoms with Crippen molar-refractivity contribution in [2.45, 2.75) is 51.7 Å². The molecule has 0 saturated heterocycles. The summed E-state index contributed by atoms with van der Waals surface area (Å²) < 4.78 is 5.19. The molecule has 0 radical (unpaired) electrons. The van der Waals surface area contributed by atoms with Crippen molar-refractivity contribution in [3.63, 3.8) is 0 Å². The lowest BCUT2D eigenvalue weighted by molar-refractivity contribution is -0.141. The Bertz CT molecular complexity index is 191. The van der Waals surface area contributed by atoms with Crippen LogP contribution in [0.25, 0.3) is 0 Å². The first-order valence-electron chi connectivity index (χ1n) is 5.59. The molecule has 0 bridgehead atoms. The molecule has 0 rings (SSSR count). The Morgan fingerprint density at radius 2 is 2.13 bits per heavy atom. The highest BCUT2D eigenvalue weighted by molar-refractivity contribution is 5.84. The van der Waals surface area contributed by atoms with Gasteiger partial charge in [0.2, 0.25) is 0 Å². The van der Waals surface area contributed by atoms with E-state index in [-0.39, 0.29) is 11.9 Å². The van der Waals surface area contributed by atoms with Crippen molar-refractivity contribution in [3.05, 3.63) is 0 Å². The molecular formula is C11H24N2O2. The number of hydrogen-bond acceptors (Lipinski definition) is 3. The van der Waals surface area contributed by atoms with Crippen molar-refractivity contribution in [2.75, 3.05) is 13.7 Å². The molecule has 3 N–H and O–H groups in total. The van der Waals surface area contributed by atoms with Crippen LogP contribution in [-0.2, 0) is 9.53 Å². The van der Waals surface area contributed by atoms with Gasteiger partial charge in [0.1, 0.15) is 5.60 Å². The van der Waals surface area contributed by atoms with Crippen molar-refractivity contribution < 1.29 is 9.53 Å². The van der Waals surface area contributed by atoms with Crippen LogP contribution < -0.4 is 11.1 Å². The van der Waals surface area contributed by atoms with Crippen LogP contribution in [0.2, 0.25) is 0 Å². The maximum atomic E-state index is 11.7. The van der Waals surface area contributed by atoms with Gasteiger partial charge in [-0.15, -0.1) is 0 Å². The lowest BCUT2D eigenvalue weighted by atomic mass is 10.0. The van der Waals surface area contributed by atoms with E-state index in [1.54, 1.807) is 14.0 Å². The van der Waals surface area contributed by atoms with E-state index in [9.17, 15) is 4.79 Å². The fourth-order valence-corrected chi connectivity index (χ4v) is 1.28. The minimum atomic E-state index is -0.730. The Hall–Kier alpha value is -0.610. The first kappa shape index (κ1) is 14.4. The summed E-state index contributed by atoms with van der Waals surface area (Å²) in [6, 6.07) is 0.0388. The maximum absolute atomic E-state index is 11.7. The van der Waals surface area contributed by atoms with E-state index in [1.807, 2.05) is 6.92 Å². The van der Waals surface area contributed by atoms with Gasteiger partial charge in [0, 0.05) is 19.7 Å². The molecule has 0 aromatic rings. The van der Waals surface area contributed by atoms with Gasteiger partial charge in [0.05, 0.1) is 0 Å². The SMILES string of the molecule is CCCC(N)CNC(=O)C(C)(CC)OC. The Labute approximate surface area is 92.6 Å². The Morgan fingerprint density at radius 3 is 2.53 bits per heavy atom. The molecule has 0 aliphatic heterocycles. The molecule has 0 aromatic heterocycles. The Kier molecular flexibility index (Phi) is 6.52. The monoisotopic (exact) mass is 216 g/mol. The predicted molar refractivity (Wildman–Crippen MR) is 61.6 cm³/mol. The van der Waals surface area contributed by atoms with Crippen LogP contribution in [0.15, 0.2) is 0 Å². The van der Waals surface area contributed by atoms with Crippen LogP contribution in [0.5, 0.6) is 0 Å². The highest BCUT2D eigenvalue weighted by Gasteiger charge is 2.30. The van der Waals surface area contributed by atoms with Gasteiger partial charge in [-0.1, -0.05) is 20.3 Å². The van der Waals surface area contributed by atoms with Crippen molar-refractivity contribution in [2.24, 2.45) is 5.73 Å². The van der Waals surface area contributed by atoms with Crippen molar-refractivity contribution in [3.8, 4) is 0 Å². The van der Waals surface area contributed by atoms with Gasteiger partial charge in [-0.25, -0.2) is 0 Å². The second-order valence-electron chi connectivity index (χ2n) is 4.05. The normalized spacial score (nSPS) is 16.9. The summed E-state index contributed by atoms with van der Waals surface area (Å²) in [4.78, 5) is 11.7. The first-order valence-corrected chi connectivity index (χ1v) is 5.59. The van der Waals surface area contributed by atoms with Gasteiger partial charge in [-0.2, -0.15) is 0 Å². The van der Waals surface area contributed by atoms with Gasteiger partial charge in [-0.05, 0) is 19.8 Å². The number of nitrogens with two attached hydrogens (primary N) is 1. The molecule has 0 aliphatic rings. The minimum absolute atomic E-state index is 0.0388. The molecule has 0 heterocycles. The predicted octanol–water partition coefficient (Wildman–Crippen LogP) is 1.05. The largest absolute Gasteiger partial charge is 0.369 e. The van der Waals surface area contributed by atoms with Crippen molar-refractivity contribution >= 4 is 5.91 Å². The molecule has 1 amide bonds. The molecule has 2 unspecified atom stereocenters. The van der Waals surface area contributed by atoms with Crippen LogP contribution >= 0.6 is 0 Å². The summed E-state index contributed by atoms with van der Waals surface area (Å²) >= 11 is 0. The van der Waals surface area contributed by atoms with E-state index in [0.29, 0.717) is 13.0 Å². The number of nitrogens with one attached hydrogen (secondary N) is 1. The van der Waals surface area contributed by atoms with E-state index >= 15 is 0 Å². The summed E-state index contributed by atoms with van der Waals surface area (Å²) in [6.45, 7) is 6.31. The third-order valence-corrected chi connectivity index (χ3v) is 2.79. The molecule has 4 nitrogen and oxygen atoms in total. The number of amides is 1. The zero-order valence-electron chi connectivity index (χ0n) is 10.3. The fourth-order valence-electron chi connectivity index (χ4n) is 1.28. The number of hydrogen-bond donors (Lipinski definition) is 2. The van der Waals surface area contributed by atoms with Gasteiger partial charge < -0.3 is 15.8 Å². The standard InChI is InChI=1S/C11H24N2O2/c1-5-7-9(12)8-13-10(14)11(3,6-2)15-4/h9H,5-8,12H2,1-4H3,(H,13,14). The zero-order valence-corrected chi connectivity index (χ0v) is 10.3. The summed E-state index contributed by atoms with van der Waals surface area (Å²) in [7, 11) is 1.55. The lowest BCUT2D eigenvalue weighted by Crippen LogP contribution is -2.48. The topological polar surface area (TPSA) is 64.3 Å². The minimum Gasteiger partial charge on any atom is -0.369 e. The third-order valence-electron chi connectivity index (χ3n) is 2.79. The van der Waals surface area contributed by atoms with Gasteiger partial charge in [0.15, 0.2) is 0 Å². The first-order chi connectivity index (χ1) is 7.00. The molecule has 0 aliphatic carbocycles. The van der Waals surface area contributed by atoms with E-state index in [2.05, 4.69) is 12.2 Å². The van der Waals surface area contributed by atoms with Gasteiger partial charge >= 0.3 is 0 Å². The number of rotatable bonds is 7. The van der Waals surface area contributed by atoms with Crippen LogP contribution in [0.4, 0.5) is 0 Å². The van der Waals surface area contributed by atoms with Crippen molar-refractivity contribution in [1.82, 2.24) is 5.32 Å². The molecular weight excluding hydrogens is 192 g/mol. The van der Waals surface area contributed by atoms with Crippen LogP contribution in [0.1, 0.15) is 40.0 Å². The summed E-state index contributed by atoms with van der Waals surface area (Å²) in [5, 5.41) is 2.82. The van der Waals surface area contributed by atoms with E-state index in [0.717, 1.165) is 12.8 Å². The quantitative estimate of drug-likeness (QED) is 0.668. The zero-order chi connectivity index (χ0) is 11.9. The maximum Gasteiger partial charge on any atom is 0.251 e. The Balaban J connectivity index is 4.02. The highest BCUT2D eigenvalue weighted by Crippen LogP contribution is 2.13. The van der Waals surface area contributed by atoms with Crippen LogP contribution in [0, 0.1) is 0 Å². The van der Waals surface area contributed by atoms with Gasteiger partial charge in [-0.3, -0.25) is 4.79 Å². The molecule has 90 valence electrons. The smallest absolute Gasteiger partial charge is 0.251 e. The number of ether oxygens (including phenoxy) is 1. The molecule has 0 spiro atoms. The summed E-state index contributed by atoms with van der Waals surface area (Å²) in [6.07, 6.45) is 2.61. The van der Waals surface area contributed by atoms with Crippen LogP contribution in [0.3, 0.4) is 0 Å². The number of methoxy groups -OCH3 is 1. The summed E-state index contributed by atoms with van der Waals surface area (Å²) in [5.74, 6) is -0.0842. The van der Waals surface area contributed by atoms with E-state index in [1.165, 1.54) is 0 Å². The summed E-state index contributed by atoms with van der Waals surface area (Å²) in [5.41, 5.74) is 5.07. The molecule has 2 atom stereocenters. The fraction of sp³-hybridized carbons (Fsp3) is 0.909. The second kappa shape index (κ2) is 6.80. The van der Waals surface area contributed by atoms with Gasteiger partial charge in [0.25, 0.3) is 5.91 Å². The van der Waals surface area contributed by atoms with E-state index in [4.69, 9.17) is 10.5 Å². The Morgan fingerprint density at radius 1 is 1.53 bits per heavy atom. The highest BCUT2D eigenvalue weighted by atomic mass is 16.5. The van der Waals surface area contributed by atoms with Crippen molar-refractivity contribution in [1.29, 1.82) is 0 Å². The molecule has 4 heteroatoms. The van der Waals surface area contributed by atoms with Crippen LogP contribution in [-0.4, -0.2) is 31.2 Å². The molecule has 0 aromatic carbocycles. The lowest BCUT2D eigenvalue weighted by Gasteiger charge is -2.26. The second-order valence-corrected chi connectivity index (χ2v) is 4.05. The molecule has 15 heavy (non-hydrogen) atoms. The number of carbonyl (C=O) groups is 1. The van der Waals surface area contributed by atoms with E-state index < -0.39 is 5.60 Å². The third kappa shape index (κ3) is 4.62. The molecule has 0 fully saturated rings. The molecule has 0 saturated carbocycles. The number of carbonyl (C=O) groups excluding carboxylic acids is 1.